The van der Waals surface area contributed by atoms with Gasteiger partial charge in [-0.1, -0.05) is 55.0 Å². The second-order valence-corrected chi connectivity index (χ2v) is 9.12. The highest BCUT2D eigenvalue weighted by Crippen LogP contribution is 2.33. The lowest BCUT2D eigenvalue weighted by Gasteiger charge is -2.32. The number of nitrogens with one attached hydrogen (secondary N) is 1. The van der Waals surface area contributed by atoms with Gasteiger partial charge in [-0.25, -0.2) is 9.69 Å². The molecule has 6 nitrogen and oxygen atoms in total. The predicted molar refractivity (Wildman–Crippen MR) is 127 cm³/mol. The number of anilines is 1. The molecule has 2 aliphatic heterocycles. The molecule has 0 radical (unpaired) electrons. The third-order valence-electron chi connectivity index (χ3n) is 6.76. The van der Waals surface area contributed by atoms with Crippen LogP contribution in [0.25, 0.3) is 0 Å². The van der Waals surface area contributed by atoms with Crippen LogP contribution < -0.4 is 10.2 Å². The fourth-order valence-electron chi connectivity index (χ4n) is 4.90. The number of amides is 3. The number of hydrogen-bond acceptors (Lipinski definition) is 4. The maximum atomic E-state index is 13.5. The average Bonchev–Trinajstić information content (AvgIpc) is 3.05. The Bertz CT molecular complexity index is 968. The quantitative estimate of drug-likeness (QED) is 0.663. The normalized spacial score (nSPS) is 21.4. The lowest BCUT2D eigenvalue weighted by atomic mass is 9.87. The van der Waals surface area contributed by atoms with Gasteiger partial charge in [0.15, 0.2) is 0 Å². The first-order chi connectivity index (χ1) is 15.4. The highest BCUT2D eigenvalue weighted by atomic mass is 16.2. The number of benzene rings is 2. The number of carbonyl (C=O) groups is 2. The number of hydrogen-bond donors (Lipinski definition) is 1. The summed E-state index contributed by atoms with van der Waals surface area (Å²) >= 11 is 0. The molecule has 2 fully saturated rings. The van der Waals surface area contributed by atoms with Gasteiger partial charge in [0.1, 0.15) is 5.54 Å². The molecule has 0 bridgehead atoms. The van der Waals surface area contributed by atoms with Crippen LogP contribution in [0.2, 0.25) is 0 Å². The second-order valence-electron chi connectivity index (χ2n) is 9.12. The molecule has 6 heteroatoms. The van der Waals surface area contributed by atoms with E-state index in [1.54, 1.807) is 0 Å². The zero-order chi connectivity index (χ0) is 22.7. The Labute approximate surface area is 191 Å². The topological polar surface area (TPSA) is 55.9 Å². The first-order valence-corrected chi connectivity index (χ1v) is 11.7. The summed E-state index contributed by atoms with van der Waals surface area (Å²) in [6.07, 6.45) is 4.26. The summed E-state index contributed by atoms with van der Waals surface area (Å²) in [4.78, 5) is 32.2. The van der Waals surface area contributed by atoms with Crippen molar-refractivity contribution in [1.82, 2.24) is 15.1 Å². The number of aryl methyl sites for hydroxylation is 1. The fraction of sp³-hybridized carbons (Fsp3) is 0.462. The number of para-hydroxylation sites is 1. The van der Waals surface area contributed by atoms with Crippen molar-refractivity contribution in [2.75, 3.05) is 31.7 Å². The summed E-state index contributed by atoms with van der Waals surface area (Å²) in [5.41, 5.74) is 3.46. The summed E-state index contributed by atoms with van der Waals surface area (Å²) in [6, 6.07) is 16.0. The van der Waals surface area contributed by atoms with Crippen molar-refractivity contribution in [3.8, 4) is 0 Å². The van der Waals surface area contributed by atoms with Gasteiger partial charge >= 0.3 is 6.03 Å². The van der Waals surface area contributed by atoms with Gasteiger partial charge in [-0.3, -0.25) is 9.69 Å². The van der Waals surface area contributed by atoms with E-state index in [1.807, 2.05) is 50.1 Å². The molecule has 0 aliphatic carbocycles. The van der Waals surface area contributed by atoms with Crippen LogP contribution in [0.5, 0.6) is 0 Å². The van der Waals surface area contributed by atoms with E-state index in [9.17, 15) is 9.59 Å². The number of imide groups is 1. The van der Waals surface area contributed by atoms with Crippen LogP contribution in [-0.2, 0) is 16.9 Å². The van der Waals surface area contributed by atoms with E-state index in [4.69, 9.17) is 0 Å². The smallest absolute Gasteiger partial charge is 0.326 e. The van der Waals surface area contributed by atoms with Crippen LogP contribution in [0.1, 0.15) is 49.3 Å². The van der Waals surface area contributed by atoms with Crippen molar-refractivity contribution in [2.24, 2.45) is 0 Å². The molecule has 2 saturated heterocycles. The minimum absolute atomic E-state index is 0.176. The van der Waals surface area contributed by atoms with Crippen molar-refractivity contribution < 1.29 is 9.59 Å². The fourth-order valence-corrected chi connectivity index (χ4v) is 4.90. The number of piperidine rings is 1. The van der Waals surface area contributed by atoms with Crippen LogP contribution >= 0.6 is 0 Å². The molecule has 2 aliphatic rings. The summed E-state index contributed by atoms with van der Waals surface area (Å²) in [6.45, 7) is 7.06. The molecule has 170 valence electrons. The lowest BCUT2D eigenvalue weighted by Crippen LogP contribution is -2.44. The van der Waals surface area contributed by atoms with Crippen molar-refractivity contribution in [3.05, 3.63) is 65.2 Å². The van der Waals surface area contributed by atoms with Crippen LogP contribution in [0, 0.1) is 6.92 Å². The van der Waals surface area contributed by atoms with E-state index in [1.165, 1.54) is 35.4 Å². The first-order valence-electron chi connectivity index (χ1n) is 11.7. The molecule has 4 rings (SSSR count). The zero-order valence-electron chi connectivity index (χ0n) is 19.4. The van der Waals surface area contributed by atoms with E-state index in [0.717, 1.165) is 24.2 Å². The average molecular weight is 435 g/mol. The highest BCUT2D eigenvalue weighted by molar-refractivity contribution is 6.07. The molecule has 0 spiro atoms. The molecule has 1 atom stereocenters. The van der Waals surface area contributed by atoms with Gasteiger partial charge in [-0.15, -0.1) is 0 Å². The Kier molecular flexibility index (Phi) is 6.51. The summed E-state index contributed by atoms with van der Waals surface area (Å²) in [7, 11) is 1.96. The van der Waals surface area contributed by atoms with Crippen molar-refractivity contribution >= 4 is 17.6 Å². The van der Waals surface area contributed by atoms with Gasteiger partial charge in [0.2, 0.25) is 0 Å². The minimum Gasteiger partial charge on any atom is -0.371 e. The number of carbonyl (C=O) groups excluding carboxylic acids is 2. The largest absolute Gasteiger partial charge is 0.371 e. The van der Waals surface area contributed by atoms with Gasteiger partial charge in [0.25, 0.3) is 5.91 Å². The number of rotatable bonds is 7. The molecule has 0 saturated carbocycles. The predicted octanol–water partition coefficient (Wildman–Crippen LogP) is 4.23. The van der Waals surface area contributed by atoms with Crippen molar-refractivity contribution in [3.63, 3.8) is 0 Å². The van der Waals surface area contributed by atoms with Crippen molar-refractivity contribution in [1.29, 1.82) is 0 Å². The maximum absolute atomic E-state index is 13.5. The molecular weight excluding hydrogens is 400 g/mol. The SMILES string of the molecule is CC[C@@]1(c2ccc(C)cc2)NC(=O)N(CN(C)Cc2ccccc2N2CCCCC2)C1=O. The standard InChI is InChI=1S/C26H34N4O2/c1-4-26(22-14-12-20(2)13-15-22)24(31)30(25(32)27-26)19-28(3)18-21-10-6-7-11-23(21)29-16-8-5-9-17-29/h6-7,10-15H,4-5,8-9,16-19H2,1-3H3,(H,27,32)/t26-/m0/s1. The lowest BCUT2D eigenvalue weighted by molar-refractivity contribution is -0.133. The zero-order valence-corrected chi connectivity index (χ0v) is 19.4. The Morgan fingerprint density at radius 3 is 2.38 bits per heavy atom. The van der Waals surface area contributed by atoms with Crippen LogP contribution in [0.15, 0.2) is 48.5 Å². The summed E-state index contributed by atoms with van der Waals surface area (Å²) in [5.74, 6) is -0.176. The molecular formula is C26H34N4O2. The van der Waals surface area contributed by atoms with Gasteiger partial charge in [-0.05, 0) is 56.8 Å². The van der Waals surface area contributed by atoms with E-state index < -0.39 is 5.54 Å². The third kappa shape index (κ3) is 4.24. The second kappa shape index (κ2) is 9.33. The third-order valence-corrected chi connectivity index (χ3v) is 6.76. The molecule has 0 aromatic heterocycles. The van der Waals surface area contributed by atoms with Crippen LogP contribution in [-0.4, -0.2) is 48.5 Å². The summed E-state index contributed by atoms with van der Waals surface area (Å²) < 4.78 is 0. The minimum atomic E-state index is -0.989. The van der Waals surface area contributed by atoms with Crippen molar-refractivity contribution in [2.45, 2.75) is 51.6 Å². The molecule has 2 aromatic carbocycles. The number of nitrogens with zero attached hydrogens (tertiary/aromatic N) is 3. The molecule has 3 amide bonds. The van der Waals surface area contributed by atoms with Gasteiger partial charge < -0.3 is 10.2 Å². The Balaban J connectivity index is 1.49. The van der Waals surface area contributed by atoms with Gasteiger partial charge in [0.05, 0.1) is 6.67 Å². The van der Waals surface area contributed by atoms with E-state index in [0.29, 0.717) is 13.0 Å². The van der Waals surface area contributed by atoms with E-state index in [2.05, 4.69) is 34.5 Å². The van der Waals surface area contributed by atoms with Crippen LogP contribution in [0.4, 0.5) is 10.5 Å². The number of urea groups is 1. The van der Waals surface area contributed by atoms with E-state index in [-0.39, 0.29) is 18.6 Å². The molecule has 32 heavy (non-hydrogen) atoms. The molecule has 2 heterocycles. The monoisotopic (exact) mass is 434 g/mol. The van der Waals surface area contributed by atoms with Gasteiger partial charge in [-0.2, -0.15) is 0 Å². The Morgan fingerprint density at radius 2 is 1.69 bits per heavy atom. The van der Waals surface area contributed by atoms with E-state index >= 15 is 0 Å². The molecule has 1 N–H and O–H groups in total. The van der Waals surface area contributed by atoms with Crippen LogP contribution in [0.3, 0.4) is 0 Å². The Hall–Kier alpha value is -2.86. The maximum Gasteiger partial charge on any atom is 0.326 e. The summed E-state index contributed by atoms with van der Waals surface area (Å²) in [5, 5.41) is 2.99. The Morgan fingerprint density at radius 1 is 1.00 bits per heavy atom. The molecule has 0 unspecified atom stereocenters. The molecule has 2 aromatic rings. The highest BCUT2D eigenvalue weighted by Gasteiger charge is 2.51. The van der Waals surface area contributed by atoms with Gasteiger partial charge in [0, 0.05) is 25.3 Å². The first kappa shape index (κ1) is 22.3.